The minimum Gasteiger partial charge on any atom is -0.306 e. The number of pyridine rings is 1. The van der Waals surface area contributed by atoms with Gasteiger partial charge in [-0.2, -0.15) is 15.5 Å². The number of carbonyl (C=O) groups excluding carboxylic acids is 1. The highest BCUT2D eigenvalue weighted by Crippen LogP contribution is 2.26. The molecular weight excluding hydrogens is 380 g/mol. The van der Waals surface area contributed by atoms with Gasteiger partial charge >= 0.3 is 0 Å². The number of nitriles is 1. The number of fused-ring (bicyclic) bond motifs is 1. The molecule has 146 valence electrons. The molecule has 0 atom stereocenters. The molecule has 4 heterocycles. The lowest BCUT2D eigenvalue weighted by Crippen LogP contribution is -2.09. The first kappa shape index (κ1) is 18.8. The molecule has 0 aliphatic carbocycles. The second-order valence-electron chi connectivity index (χ2n) is 6.40. The number of hydrogen-bond acceptors (Lipinski definition) is 6. The van der Waals surface area contributed by atoms with Crippen molar-refractivity contribution in [2.75, 3.05) is 5.32 Å². The summed E-state index contributed by atoms with van der Waals surface area (Å²) in [7, 11) is 1.85. The van der Waals surface area contributed by atoms with E-state index < -0.39 is 0 Å². The van der Waals surface area contributed by atoms with Gasteiger partial charge in [-0.25, -0.2) is 9.50 Å². The molecule has 0 bridgehead atoms. The number of anilines is 1. The van der Waals surface area contributed by atoms with Crippen molar-refractivity contribution >= 4 is 29.4 Å². The van der Waals surface area contributed by atoms with Gasteiger partial charge in [-0.3, -0.25) is 14.5 Å². The van der Waals surface area contributed by atoms with E-state index >= 15 is 0 Å². The maximum absolute atomic E-state index is 11.3. The molecule has 0 aromatic carbocycles. The number of nitrogens with one attached hydrogen (secondary N) is 1. The molecular formula is C21H16N8O. The molecule has 4 rings (SSSR count). The molecule has 0 saturated carbocycles. The minimum absolute atomic E-state index is 0.334. The van der Waals surface area contributed by atoms with Crippen LogP contribution in [0.5, 0.6) is 0 Å². The summed E-state index contributed by atoms with van der Waals surface area (Å²) in [6.45, 7) is 3.40. The fourth-order valence-electron chi connectivity index (χ4n) is 2.93. The second-order valence-corrected chi connectivity index (χ2v) is 6.40. The Morgan fingerprint density at radius 2 is 2.00 bits per heavy atom. The van der Waals surface area contributed by atoms with E-state index in [4.69, 9.17) is 0 Å². The molecule has 0 aliphatic rings. The SMILES string of the molecule is C=CC(=O)Nc1cnc(/C=C/c2cc(-c3cnn(C)c3)cn3ncc(C#N)c23)cn1. The van der Waals surface area contributed by atoms with Gasteiger partial charge in [-0.1, -0.05) is 12.7 Å². The number of amides is 1. The van der Waals surface area contributed by atoms with Gasteiger partial charge < -0.3 is 5.32 Å². The van der Waals surface area contributed by atoms with Crippen LogP contribution in [0.4, 0.5) is 5.82 Å². The highest BCUT2D eigenvalue weighted by molar-refractivity contribution is 5.98. The minimum atomic E-state index is -0.355. The van der Waals surface area contributed by atoms with Crippen molar-refractivity contribution in [2.45, 2.75) is 0 Å². The van der Waals surface area contributed by atoms with E-state index in [1.807, 2.05) is 31.6 Å². The first-order chi connectivity index (χ1) is 14.6. The van der Waals surface area contributed by atoms with Crippen LogP contribution in [0.2, 0.25) is 0 Å². The molecule has 0 aliphatic heterocycles. The Morgan fingerprint density at radius 1 is 1.13 bits per heavy atom. The van der Waals surface area contributed by atoms with Crippen molar-refractivity contribution in [1.82, 2.24) is 29.4 Å². The number of hydrogen-bond donors (Lipinski definition) is 1. The Labute approximate surface area is 171 Å². The van der Waals surface area contributed by atoms with Crippen molar-refractivity contribution < 1.29 is 4.79 Å². The third-order valence-electron chi connectivity index (χ3n) is 4.34. The number of nitrogens with zero attached hydrogens (tertiary/aromatic N) is 7. The fraction of sp³-hybridized carbons (Fsp3) is 0.0476. The van der Waals surface area contributed by atoms with Crippen LogP contribution in [0.3, 0.4) is 0 Å². The molecule has 4 aromatic heterocycles. The molecule has 0 saturated heterocycles. The topological polar surface area (TPSA) is 114 Å². The van der Waals surface area contributed by atoms with Crippen molar-refractivity contribution in [3.63, 3.8) is 0 Å². The zero-order valence-electron chi connectivity index (χ0n) is 16.0. The van der Waals surface area contributed by atoms with Gasteiger partial charge in [0.15, 0.2) is 5.82 Å². The molecule has 30 heavy (non-hydrogen) atoms. The van der Waals surface area contributed by atoms with Crippen LogP contribution in [-0.4, -0.2) is 35.3 Å². The van der Waals surface area contributed by atoms with Crippen LogP contribution in [0, 0.1) is 11.3 Å². The Balaban J connectivity index is 1.72. The maximum Gasteiger partial charge on any atom is 0.248 e. The van der Waals surface area contributed by atoms with Gasteiger partial charge in [-0.15, -0.1) is 0 Å². The highest BCUT2D eigenvalue weighted by Gasteiger charge is 2.11. The Hall–Kier alpha value is -4.58. The Bertz CT molecular complexity index is 1320. The summed E-state index contributed by atoms with van der Waals surface area (Å²) in [5.74, 6) is -0.0208. The zero-order valence-corrected chi connectivity index (χ0v) is 16.0. The molecule has 9 nitrogen and oxygen atoms in total. The summed E-state index contributed by atoms with van der Waals surface area (Å²) >= 11 is 0. The molecule has 0 unspecified atom stereocenters. The smallest absolute Gasteiger partial charge is 0.248 e. The summed E-state index contributed by atoms with van der Waals surface area (Å²) < 4.78 is 3.40. The molecule has 0 radical (unpaired) electrons. The van der Waals surface area contributed by atoms with E-state index in [0.29, 0.717) is 22.6 Å². The van der Waals surface area contributed by atoms with Gasteiger partial charge in [0.2, 0.25) is 5.91 Å². The highest BCUT2D eigenvalue weighted by atomic mass is 16.1. The quantitative estimate of drug-likeness (QED) is 0.519. The van der Waals surface area contributed by atoms with Crippen LogP contribution in [0.1, 0.15) is 16.8 Å². The van der Waals surface area contributed by atoms with Gasteiger partial charge in [0.05, 0.1) is 41.6 Å². The normalized spacial score (nSPS) is 10.9. The molecule has 9 heteroatoms. The van der Waals surface area contributed by atoms with Crippen LogP contribution >= 0.6 is 0 Å². The first-order valence-electron chi connectivity index (χ1n) is 8.91. The van der Waals surface area contributed by atoms with Gasteiger partial charge in [-0.05, 0) is 18.2 Å². The lowest BCUT2D eigenvalue weighted by Gasteiger charge is -2.05. The molecule has 0 spiro atoms. The lowest BCUT2D eigenvalue weighted by molar-refractivity contribution is -0.111. The molecule has 4 aromatic rings. The first-order valence-corrected chi connectivity index (χ1v) is 8.91. The van der Waals surface area contributed by atoms with Crippen LogP contribution in [0.25, 0.3) is 28.8 Å². The van der Waals surface area contributed by atoms with Crippen molar-refractivity contribution in [2.24, 2.45) is 7.05 Å². The summed E-state index contributed by atoms with van der Waals surface area (Å²) in [6, 6.07) is 4.14. The third-order valence-corrected chi connectivity index (χ3v) is 4.34. The summed E-state index contributed by atoms with van der Waals surface area (Å²) in [5.41, 5.74) is 4.41. The van der Waals surface area contributed by atoms with Crippen LogP contribution in [0.15, 0.2) is 55.9 Å². The number of rotatable bonds is 5. The van der Waals surface area contributed by atoms with Crippen LogP contribution in [-0.2, 0) is 11.8 Å². The molecule has 1 N–H and O–H groups in total. The zero-order chi connectivity index (χ0) is 21.1. The molecule has 1 amide bonds. The predicted octanol–water partition coefficient (Wildman–Crippen LogP) is 2.69. The van der Waals surface area contributed by atoms with Crippen molar-refractivity contribution in [1.29, 1.82) is 5.26 Å². The standard InChI is InChI=1S/C21H16N8O/c1-3-20(30)27-19-11-23-18(10-24-19)5-4-14-6-15(17-9-25-28(2)12-17)13-29-21(14)16(7-22)8-26-29/h3-6,8-13H,1H2,2H3,(H,24,27,30)/b5-4+. The average molecular weight is 396 g/mol. The number of aromatic nitrogens is 6. The Kier molecular flexibility index (Phi) is 4.88. The van der Waals surface area contributed by atoms with E-state index in [1.165, 1.54) is 12.4 Å². The van der Waals surface area contributed by atoms with Gasteiger partial charge in [0, 0.05) is 36.1 Å². The summed E-state index contributed by atoms with van der Waals surface area (Å²) in [5, 5.41) is 20.5. The van der Waals surface area contributed by atoms with Crippen LogP contribution < -0.4 is 5.32 Å². The lowest BCUT2D eigenvalue weighted by atomic mass is 10.1. The van der Waals surface area contributed by atoms with Gasteiger partial charge in [0.25, 0.3) is 0 Å². The van der Waals surface area contributed by atoms with Crippen molar-refractivity contribution in [3.8, 4) is 17.2 Å². The maximum atomic E-state index is 11.3. The summed E-state index contributed by atoms with van der Waals surface area (Å²) in [4.78, 5) is 19.8. The van der Waals surface area contributed by atoms with E-state index in [-0.39, 0.29) is 5.91 Å². The molecule has 0 fully saturated rings. The largest absolute Gasteiger partial charge is 0.306 e. The fourth-order valence-corrected chi connectivity index (χ4v) is 2.93. The van der Waals surface area contributed by atoms with E-state index in [1.54, 1.807) is 27.7 Å². The predicted molar refractivity (Wildman–Crippen MR) is 112 cm³/mol. The monoisotopic (exact) mass is 396 g/mol. The van der Waals surface area contributed by atoms with Gasteiger partial charge in [0.1, 0.15) is 6.07 Å². The second kappa shape index (κ2) is 7.81. The third kappa shape index (κ3) is 3.70. The Morgan fingerprint density at radius 3 is 2.67 bits per heavy atom. The van der Waals surface area contributed by atoms with E-state index in [0.717, 1.165) is 22.8 Å². The van der Waals surface area contributed by atoms with E-state index in [2.05, 4.69) is 38.1 Å². The number of carbonyl (C=O) groups is 1. The number of aryl methyl sites for hydroxylation is 1. The summed E-state index contributed by atoms with van der Waals surface area (Å²) in [6.07, 6.45) is 14.9. The average Bonchev–Trinajstić information content (AvgIpc) is 3.38. The van der Waals surface area contributed by atoms with E-state index in [9.17, 15) is 10.1 Å². The van der Waals surface area contributed by atoms with Crippen molar-refractivity contribution in [3.05, 3.63) is 72.7 Å².